The monoisotopic (exact) mass is 212 g/mol. The molecule has 5 heteroatoms. The van der Waals surface area contributed by atoms with Crippen molar-refractivity contribution in [2.24, 2.45) is 0 Å². The van der Waals surface area contributed by atoms with Gasteiger partial charge in [-0.2, -0.15) is 0 Å². The van der Waals surface area contributed by atoms with Crippen LogP contribution >= 0.6 is 34.8 Å². The van der Waals surface area contributed by atoms with Crippen molar-refractivity contribution >= 4 is 46.4 Å². The molecule has 1 aliphatic carbocycles. The van der Waals surface area contributed by atoms with Gasteiger partial charge in [-0.1, -0.05) is 11.6 Å². The summed E-state index contributed by atoms with van der Waals surface area (Å²) < 4.78 is 0. The van der Waals surface area contributed by atoms with E-state index in [0.29, 0.717) is 0 Å². The zero-order chi connectivity index (χ0) is 8.59. The second kappa shape index (κ2) is 3.13. The number of hydrogen-bond acceptors (Lipinski definition) is 2. The summed E-state index contributed by atoms with van der Waals surface area (Å²) in [6, 6.07) is 0. The molecule has 0 aromatic heterocycles. The molecular weight excluding hydrogens is 210 g/mol. The van der Waals surface area contributed by atoms with Gasteiger partial charge in [0.05, 0.1) is 5.03 Å². The Balaban J connectivity index is 3.01. The first-order valence-electron chi connectivity index (χ1n) is 2.77. The Morgan fingerprint density at radius 1 is 1.18 bits per heavy atom. The summed E-state index contributed by atoms with van der Waals surface area (Å²) in [7, 11) is 0. The van der Waals surface area contributed by atoms with Crippen LogP contribution in [0.5, 0.6) is 0 Å². The molecule has 0 radical (unpaired) electrons. The number of ketones is 2. The van der Waals surface area contributed by atoms with E-state index in [1.807, 2.05) is 0 Å². The summed E-state index contributed by atoms with van der Waals surface area (Å²) >= 11 is 16.3. The fourth-order valence-electron chi connectivity index (χ4n) is 0.684. The Hall–Kier alpha value is -0.0500. The molecule has 0 saturated carbocycles. The summed E-state index contributed by atoms with van der Waals surface area (Å²) in [5, 5.41) is -2.15. The van der Waals surface area contributed by atoms with Crippen molar-refractivity contribution in [3.8, 4) is 0 Å². The van der Waals surface area contributed by atoms with Gasteiger partial charge in [0, 0.05) is 6.08 Å². The predicted molar refractivity (Wildman–Crippen MR) is 43.2 cm³/mol. The van der Waals surface area contributed by atoms with Gasteiger partial charge in [-0.3, -0.25) is 9.59 Å². The first kappa shape index (κ1) is 9.04. The second-order valence-electron chi connectivity index (χ2n) is 2.06. The molecule has 0 unspecified atom stereocenters. The maximum Gasteiger partial charge on any atom is 0.194 e. The van der Waals surface area contributed by atoms with Gasteiger partial charge in [0.1, 0.15) is 10.8 Å². The van der Waals surface area contributed by atoms with E-state index < -0.39 is 22.3 Å². The molecule has 0 saturated heterocycles. The molecule has 0 fully saturated rings. The number of alkyl halides is 2. The van der Waals surface area contributed by atoms with Crippen LogP contribution in [-0.4, -0.2) is 22.3 Å². The van der Waals surface area contributed by atoms with E-state index in [-0.39, 0.29) is 5.03 Å². The summed E-state index contributed by atoms with van der Waals surface area (Å²) in [5.41, 5.74) is 0. The van der Waals surface area contributed by atoms with Crippen molar-refractivity contribution in [2.45, 2.75) is 10.8 Å². The number of rotatable bonds is 0. The SMILES string of the molecule is O=C1C=C(Cl)C(=O)[C@@H](Cl)[C@@H]1Cl. The molecule has 0 aromatic rings. The maximum absolute atomic E-state index is 10.9. The summed E-state index contributed by atoms with van der Waals surface area (Å²) in [5.74, 6) is -0.913. The average molecular weight is 213 g/mol. The average Bonchev–Trinajstić information content (AvgIpc) is 1.97. The third-order valence-corrected chi connectivity index (χ3v) is 2.63. The van der Waals surface area contributed by atoms with Gasteiger partial charge < -0.3 is 0 Å². The molecular formula is C6H3Cl3O2. The van der Waals surface area contributed by atoms with Crippen molar-refractivity contribution in [2.75, 3.05) is 0 Å². The van der Waals surface area contributed by atoms with Crippen LogP contribution in [0.15, 0.2) is 11.1 Å². The minimum Gasteiger partial charge on any atom is -0.293 e. The summed E-state index contributed by atoms with van der Waals surface area (Å²) in [6.45, 7) is 0. The standard InChI is InChI=1S/C6H3Cl3O2/c7-2-1-3(10)4(8)5(9)6(2)11/h1,4-5H/t4-,5+/m1/s1. The maximum atomic E-state index is 10.9. The van der Waals surface area contributed by atoms with Gasteiger partial charge in [-0.15, -0.1) is 23.2 Å². The number of Topliss-reactive ketones (excluding diaryl/α,β-unsaturated/α-hetero) is 1. The Morgan fingerprint density at radius 2 is 1.73 bits per heavy atom. The van der Waals surface area contributed by atoms with Gasteiger partial charge in [0.2, 0.25) is 0 Å². The largest absolute Gasteiger partial charge is 0.293 e. The van der Waals surface area contributed by atoms with E-state index in [2.05, 4.69) is 0 Å². The van der Waals surface area contributed by atoms with Crippen molar-refractivity contribution in [3.05, 3.63) is 11.1 Å². The smallest absolute Gasteiger partial charge is 0.194 e. The number of carbonyl (C=O) groups excluding carboxylic acids is 2. The first-order chi connectivity index (χ1) is 5.04. The lowest BCUT2D eigenvalue weighted by molar-refractivity contribution is -0.120. The fraction of sp³-hybridized carbons (Fsp3) is 0.333. The van der Waals surface area contributed by atoms with E-state index in [1.165, 1.54) is 0 Å². The van der Waals surface area contributed by atoms with Crippen LogP contribution in [0, 0.1) is 0 Å². The zero-order valence-corrected chi connectivity index (χ0v) is 7.45. The molecule has 11 heavy (non-hydrogen) atoms. The van der Waals surface area contributed by atoms with Crippen molar-refractivity contribution < 1.29 is 9.59 Å². The van der Waals surface area contributed by atoms with E-state index in [4.69, 9.17) is 34.8 Å². The predicted octanol–water partition coefficient (Wildman–Crippen LogP) is 1.48. The zero-order valence-electron chi connectivity index (χ0n) is 5.18. The molecule has 0 aromatic carbocycles. The fourth-order valence-corrected chi connectivity index (χ4v) is 1.38. The van der Waals surface area contributed by atoms with Crippen molar-refractivity contribution in [1.82, 2.24) is 0 Å². The molecule has 0 amide bonds. The van der Waals surface area contributed by atoms with Crippen LogP contribution in [-0.2, 0) is 9.59 Å². The highest BCUT2D eigenvalue weighted by Crippen LogP contribution is 2.23. The number of allylic oxidation sites excluding steroid dienone is 2. The Bertz CT molecular complexity index is 246. The molecule has 60 valence electrons. The van der Waals surface area contributed by atoms with E-state index in [0.717, 1.165) is 6.08 Å². The highest BCUT2D eigenvalue weighted by Gasteiger charge is 2.35. The van der Waals surface area contributed by atoms with Crippen LogP contribution in [0.25, 0.3) is 0 Å². The third kappa shape index (κ3) is 1.58. The Morgan fingerprint density at radius 3 is 2.27 bits per heavy atom. The molecule has 2 atom stereocenters. The highest BCUT2D eigenvalue weighted by molar-refractivity contribution is 6.55. The van der Waals surface area contributed by atoms with Gasteiger partial charge in [-0.05, 0) is 0 Å². The van der Waals surface area contributed by atoms with Crippen molar-refractivity contribution in [1.29, 1.82) is 0 Å². The van der Waals surface area contributed by atoms with Crippen LogP contribution in [0.4, 0.5) is 0 Å². The quantitative estimate of drug-likeness (QED) is 0.571. The van der Waals surface area contributed by atoms with Crippen LogP contribution < -0.4 is 0 Å². The van der Waals surface area contributed by atoms with Gasteiger partial charge in [-0.25, -0.2) is 0 Å². The number of carbonyl (C=O) groups is 2. The first-order valence-corrected chi connectivity index (χ1v) is 4.02. The second-order valence-corrected chi connectivity index (χ2v) is 3.41. The molecule has 0 spiro atoms. The van der Waals surface area contributed by atoms with Gasteiger partial charge in [0.25, 0.3) is 0 Å². The molecule has 1 aliphatic rings. The molecule has 0 heterocycles. The minimum atomic E-state index is -1.03. The molecule has 0 N–H and O–H groups in total. The third-order valence-electron chi connectivity index (χ3n) is 1.28. The molecule has 1 rings (SSSR count). The summed E-state index contributed by atoms with van der Waals surface area (Å²) in [4.78, 5) is 21.7. The molecule has 2 nitrogen and oxygen atoms in total. The lowest BCUT2D eigenvalue weighted by Gasteiger charge is -2.16. The van der Waals surface area contributed by atoms with E-state index >= 15 is 0 Å². The van der Waals surface area contributed by atoms with Crippen molar-refractivity contribution in [3.63, 3.8) is 0 Å². The summed E-state index contributed by atoms with van der Waals surface area (Å²) in [6.07, 6.45) is 1.00. The lowest BCUT2D eigenvalue weighted by Crippen LogP contribution is -2.35. The number of halogens is 3. The van der Waals surface area contributed by atoms with E-state index in [9.17, 15) is 9.59 Å². The lowest BCUT2D eigenvalue weighted by atomic mass is 10.0. The Labute approximate surface area is 78.1 Å². The minimum absolute atomic E-state index is 0.146. The van der Waals surface area contributed by atoms with Crippen LogP contribution in [0.3, 0.4) is 0 Å². The van der Waals surface area contributed by atoms with Crippen LogP contribution in [0.2, 0.25) is 0 Å². The van der Waals surface area contributed by atoms with E-state index in [1.54, 1.807) is 0 Å². The Kier molecular flexibility index (Phi) is 2.58. The van der Waals surface area contributed by atoms with Gasteiger partial charge in [0.15, 0.2) is 11.6 Å². The topological polar surface area (TPSA) is 34.1 Å². The van der Waals surface area contributed by atoms with Crippen LogP contribution in [0.1, 0.15) is 0 Å². The highest BCUT2D eigenvalue weighted by atomic mass is 35.5. The number of hydrogen-bond donors (Lipinski definition) is 0. The molecule has 0 bridgehead atoms. The molecule has 0 aliphatic heterocycles. The normalized spacial score (nSPS) is 32.1. The van der Waals surface area contributed by atoms with Gasteiger partial charge >= 0.3 is 0 Å².